The van der Waals surface area contributed by atoms with E-state index in [1.54, 1.807) is 0 Å². The van der Waals surface area contributed by atoms with E-state index in [0.717, 1.165) is 18.8 Å². The average molecular weight is 415 g/mol. The van der Waals surface area contributed by atoms with Gasteiger partial charge in [0.05, 0.1) is 15.5 Å². The van der Waals surface area contributed by atoms with Crippen LogP contribution in [0.4, 0.5) is 0 Å². The molecule has 4 nitrogen and oxygen atoms in total. The number of hydrogen-bond acceptors (Lipinski definition) is 3. The van der Waals surface area contributed by atoms with Crippen molar-refractivity contribution in [1.29, 1.82) is 0 Å². The molecule has 8 heteroatoms. The smallest absolute Gasteiger partial charge is 0.262 e. The van der Waals surface area contributed by atoms with Gasteiger partial charge < -0.3 is 5.32 Å². The third-order valence-electron chi connectivity index (χ3n) is 3.30. The molecule has 1 aromatic rings. The molecule has 1 aromatic carbocycles. The second kappa shape index (κ2) is 6.86. The normalized spacial score (nSPS) is 15.0. The Hall–Kier alpha value is -0.300. The lowest BCUT2D eigenvalue weighted by Gasteiger charge is -2.09. The van der Waals surface area contributed by atoms with E-state index in [-0.39, 0.29) is 20.0 Å². The average Bonchev–Trinajstić information content (AvgIpc) is 3.16. The summed E-state index contributed by atoms with van der Waals surface area (Å²) in [6.07, 6.45) is 4.58. The van der Waals surface area contributed by atoms with Gasteiger partial charge in [-0.3, -0.25) is 4.79 Å². The highest BCUT2D eigenvalue weighted by atomic mass is 79.9. The van der Waals surface area contributed by atoms with Gasteiger partial charge in [0, 0.05) is 21.7 Å². The van der Waals surface area contributed by atoms with E-state index < -0.39 is 15.0 Å². The van der Waals surface area contributed by atoms with E-state index in [9.17, 15) is 13.2 Å². The second-order valence-corrected chi connectivity index (χ2v) is 8.84. The van der Waals surface area contributed by atoms with Crippen LogP contribution in [0.2, 0.25) is 5.02 Å². The molecular weight excluding hydrogens is 401 g/mol. The first-order valence-corrected chi connectivity index (χ1v) is 9.99. The van der Waals surface area contributed by atoms with Crippen molar-refractivity contribution in [1.82, 2.24) is 5.32 Å². The van der Waals surface area contributed by atoms with Gasteiger partial charge in [0.25, 0.3) is 15.0 Å². The Morgan fingerprint density at radius 2 is 2.05 bits per heavy atom. The molecular formula is C13H14BrCl2NO3S. The summed E-state index contributed by atoms with van der Waals surface area (Å²) < 4.78 is 23.1. The third kappa shape index (κ3) is 4.84. The zero-order valence-electron chi connectivity index (χ0n) is 11.0. The molecule has 2 rings (SSSR count). The summed E-state index contributed by atoms with van der Waals surface area (Å²) >= 11 is 9.06. The molecule has 1 fully saturated rings. The number of halogens is 3. The van der Waals surface area contributed by atoms with Crippen molar-refractivity contribution in [3.05, 3.63) is 27.2 Å². The van der Waals surface area contributed by atoms with Crippen LogP contribution >= 0.6 is 38.2 Å². The quantitative estimate of drug-likeness (QED) is 0.566. The van der Waals surface area contributed by atoms with Crippen molar-refractivity contribution in [2.24, 2.45) is 5.92 Å². The summed E-state index contributed by atoms with van der Waals surface area (Å²) in [4.78, 5) is 11.9. The minimum atomic E-state index is -3.95. The highest BCUT2D eigenvalue weighted by Gasteiger charge is 2.22. The summed E-state index contributed by atoms with van der Waals surface area (Å²) in [5, 5.41) is 2.92. The van der Waals surface area contributed by atoms with Gasteiger partial charge in [-0.15, -0.1) is 0 Å². The maximum atomic E-state index is 12.1. The molecule has 21 heavy (non-hydrogen) atoms. The number of nitrogens with one attached hydrogen (secondary N) is 1. The minimum absolute atomic E-state index is 0.102. The summed E-state index contributed by atoms with van der Waals surface area (Å²) in [5.74, 6) is 0.413. The van der Waals surface area contributed by atoms with Crippen molar-refractivity contribution >= 4 is 53.2 Å². The molecule has 1 aliphatic carbocycles. The van der Waals surface area contributed by atoms with Crippen LogP contribution in [0.3, 0.4) is 0 Å². The Bertz CT molecular complexity index is 660. The number of carbonyl (C=O) groups excluding carboxylic acids is 1. The summed E-state index contributed by atoms with van der Waals surface area (Å²) in [6, 6.07) is 2.54. The molecule has 0 aromatic heterocycles. The van der Waals surface area contributed by atoms with E-state index in [0.29, 0.717) is 6.54 Å². The van der Waals surface area contributed by atoms with Crippen LogP contribution in [-0.2, 0) is 9.05 Å². The number of amides is 1. The Morgan fingerprint density at radius 3 is 2.62 bits per heavy atom. The molecule has 0 bridgehead atoms. The topological polar surface area (TPSA) is 63.2 Å². The lowest BCUT2D eigenvalue weighted by molar-refractivity contribution is 0.0952. The predicted molar refractivity (Wildman–Crippen MR) is 86.5 cm³/mol. The van der Waals surface area contributed by atoms with Crippen molar-refractivity contribution < 1.29 is 13.2 Å². The van der Waals surface area contributed by atoms with Gasteiger partial charge in [-0.1, -0.05) is 24.4 Å². The largest absolute Gasteiger partial charge is 0.352 e. The first-order chi connectivity index (χ1) is 9.79. The Morgan fingerprint density at radius 1 is 1.38 bits per heavy atom. The Balaban J connectivity index is 2.08. The first-order valence-electron chi connectivity index (χ1n) is 6.51. The van der Waals surface area contributed by atoms with Gasteiger partial charge in [0.15, 0.2) is 0 Å². The van der Waals surface area contributed by atoms with Gasteiger partial charge >= 0.3 is 0 Å². The number of hydrogen-bond donors (Lipinski definition) is 1. The summed E-state index contributed by atoms with van der Waals surface area (Å²) in [6.45, 7) is 0.546. The predicted octanol–water partition coefficient (Wildman–Crippen LogP) is 3.95. The van der Waals surface area contributed by atoms with Crippen LogP contribution in [0, 0.1) is 5.92 Å². The zero-order valence-corrected chi connectivity index (χ0v) is 14.9. The van der Waals surface area contributed by atoms with Crippen LogP contribution in [0.1, 0.15) is 36.0 Å². The molecule has 116 valence electrons. The second-order valence-electron chi connectivity index (χ2n) is 5.04. The molecule has 0 aliphatic heterocycles. The maximum absolute atomic E-state index is 12.1. The molecule has 1 amide bonds. The molecule has 0 atom stereocenters. The molecule has 1 saturated carbocycles. The monoisotopic (exact) mass is 413 g/mol. The molecule has 1 N–H and O–H groups in total. The van der Waals surface area contributed by atoms with Crippen molar-refractivity contribution in [3.8, 4) is 0 Å². The fraction of sp³-hybridized carbons (Fsp3) is 0.462. The van der Waals surface area contributed by atoms with Gasteiger partial charge in [-0.05, 0) is 46.8 Å². The maximum Gasteiger partial charge on any atom is 0.262 e. The summed E-state index contributed by atoms with van der Waals surface area (Å²) in [5.41, 5.74) is 0.102. The molecule has 1 aliphatic rings. The Kier molecular flexibility index (Phi) is 5.57. The molecule has 0 radical (unpaired) electrons. The van der Waals surface area contributed by atoms with E-state index in [1.165, 1.54) is 25.0 Å². The molecule has 0 spiro atoms. The van der Waals surface area contributed by atoms with E-state index in [1.807, 2.05) is 0 Å². The summed E-state index contributed by atoms with van der Waals surface area (Å²) in [7, 11) is 1.38. The third-order valence-corrected chi connectivity index (χ3v) is 5.89. The zero-order chi connectivity index (χ0) is 15.6. The molecule has 0 heterocycles. The number of rotatable bonds is 6. The van der Waals surface area contributed by atoms with Crippen LogP contribution in [0.25, 0.3) is 0 Å². The van der Waals surface area contributed by atoms with E-state index >= 15 is 0 Å². The van der Waals surface area contributed by atoms with Crippen LogP contribution in [-0.4, -0.2) is 20.9 Å². The standard InChI is InChI=1S/C13H14BrCl2NO3S/c14-10-7-11(15)9(6-12(10)21(16,19)20)13(18)17-5-1-2-8-3-4-8/h6-8H,1-5H2,(H,17,18). The van der Waals surface area contributed by atoms with Gasteiger partial charge in [-0.2, -0.15) is 0 Å². The lowest BCUT2D eigenvalue weighted by atomic mass is 10.2. The fourth-order valence-corrected chi connectivity index (χ4v) is 4.56. The number of carbonyl (C=O) groups is 1. The van der Waals surface area contributed by atoms with Gasteiger partial charge in [-0.25, -0.2) is 8.42 Å². The van der Waals surface area contributed by atoms with Crippen LogP contribution in [0.5, 0.6) is 0 Å². The Labute approximate surface area is 141 Å². The van der Waals surface area contributed by atoms with Crippen molar-refractivity contribution in [3.63, 3.8) is 0 Å². The van der Waals surface area contributed by atoms with Gasteiger partial charge in [0.2, 0.25) is 0 Å². The van der Waals surface area contributed by atoms with Crippen molar-refractivity contribution in [2.45, 2.75) is 30.6 Å². The van der Waals surface area contributed by atoms with E-state index in [4.69, 9.17) is 22.3 Å². The van der Waals surface area contributed by atoms with Crippen LogP contribution in [0.15, 0.2) is 21.5 Å². The molecule has 0 saturated heterocycles. The van der Waals surface area contributed by atoms with Crippen LogP contribution < -0.4 is 5.32 Å². The van der Waals surface area contributed by atoms with E-state index in [2.05, 4.69) is 21.2 Å². The SMILES string of the molecule is O=C(NCCCC1CC1)c1cc(S(=O)(=O)Cl)c(Br)cc1Cl. The minimum Gasteiger partial charge on any atom is -0.352 e. The highest BCUT2D eigenvalue weighted by molar-refractivity contribution is 9.10. The number of benzene rings is 1. The lowest BCUT2D eigenvalue weighted by Crippen LogP contribution is -2.25. The first kappa shape index (κ1) is 17.1. The van der Waals surface area contributed by atoms with Crippen molar-refractivity contribution in [2.75, 3.05) is 6.54 Å². The molecule has 0 unspecified atom stereocenters. The van der Waals surface area contributed by atoms with Gasteiger partial charge in [0.1, 0.15) is 0 Å². The fourth-order valence-electron chi connectivity index (χ4n) is 1.98. The highest BCUT2D eigenvalue weighted by Crippen LogP contribution is 2.33.